The number of methoxy groups -OCH3 is 1. The molecule has 1 aromatic carbocycles. The van der Waals surface area contributed by atoms with Crippen molar-refractivity contribution < 1.29 is 4.74 Å². The van der Waals surface area contributed by atoms with E-state index in [4.69, 9.17) is 10.5 Å². The number of nitrogens with zero attached hydrogens (tertiary/aromatic N) is 1. The van der Waals surface area contributed by atoms with E-state index < -0.39 is 0 Å². The molecule has 0 fully saturated rings. The predicted octanol–water partition coefficient (Wildman–Crippen LogP) is 1.03. The number of H-pyrrole nitrogens is 1. The van der Waals surface area contributed by atoms with E-state index in [0.29, 0.717) is 5.56 Å². The van der Waals surface area contributed by atoms with Crippen LogP contribution in [0.25, 0.3) is 11.1 Å². The summed E-state index contributed by atoms with van der Waals surface area (Å²) in [5.41, 5.74) is 6.37. The van der Waals surface area contributed by atoms with Crippen LogP contribution in [-0.4, -0.2) is 17.1 Å². The van der Waals surface area contributed by atoms with Gasteiger partial charge >= 0.3 is 0 Å². The molecule has 82 valence electrons. The number of hydrogen-bond acceptors (Lipinski definition) is 4. The summed E-state index contributed by atoms with van der Waals surface area (Å²) in [5, 5.41) is 0. The number of rotatable bonds is 2. The first-order valence-electron chi connectivity index (χ1n) is 4.70. The second kappa shape index (κ2) is 4.06. The normalized spacial score (nSPS) is 10.1. The summed E-state index contributed by atoms with van der Waals surface area (Å²) < 4.78 is 5.03. The molecule has 2 rings (SSSR count). The Bertz CT molecular complexity index is 546. The first-order chi connectivity index (χ1) is 7.70. The molecule has 0 spiro atoms. The third kappa shape index (κ3) is 1.88. The third-order valence-corrected chi connectivity index (χ3v) is 2.22. The highest BCUT2D eigenvalue weighted by molar-refractivity contribution is 5.62. The molecule has 0 saturated heterocycles. The molecule has 5 nitrogen and oxygen atoms in total. The molecule has 0 saturated carbocycles. The van der Waals surface area contributed by atoms with Gasteiger partial charge in [0.25, 0.3) is 5.56 Å². The molecule has 0 aliphatic carbocycles. The standard InChI is InChI=1S/C11H11N3O2/c1-16-8-4-2-7(3-5-8)9-6-13-11(12)14-10(9)15/h2-6H,1H3,(H3,12,13,14,15). The molecule has 0 aliphatic rings. The zero-order chi connectivity index (χ0) is 11.5. The van der Waals surface area contributed by atoms with Crippen LogP contribution in [0.3, 0.4) is 0 Å². The van der Waals surface area contributed by atoms with Crippen LogP contribution in [0.2, 0.25) is 0 Å². The Hall–Kier alpha value is -2.30. The summed E-state index contributed by atoms with van der Waals surface area (Å²) in [6.45, 7) is 0. The highest BCUT2D eigenvalue weighted by atomic mass is 16.5. The van der Waals surface area contributed by atoms with Crippen LogP contribution in [-0.2, 0) is 0 Å². The molecular weight excluding hydrogens is 206 g/mol. The quantitative estimate of drug-likeness (QED) is 0.787. The molecule has 2 aromatic rings. The van der Waals surface area contributed by atoms with E-state index in [1.54, 1.807) is 31.4 Å². The van der Waals surface area contributed by atoms with Crippen molar-refractivity contribution in [2.75, 3.05) is 12.8 Å². The summed E-state index contributed by atoms with van der Waals surface area (Å²) in [7, 11) is 1.59. The van der Waals surface area contributed by atoms with Crippen molar-refractivity contribution in [3.8, 4) is 16.9 Å². The van der Waals surface area contributed by atoms with Crippen molar-refractivity contribution >= 4 is 5.95 Å². The van der Waals surface area contributed by atoms with Gasteiger partial charge in [-0.25, -0.2) is 4.98 Å². The fraction of sp³-hybridized carbons (Fsp3) is 0.0909. The Labute approximate surface area is 91.9 Å². The summed E-state index contributed by atoms with van der Waals surface area (Å²) >= 11 is 0. The lowest BCUT2D eigenvalue weighted by Gasteiger charge is -2.02. The van der Waals surface area contributed by atoms with E-state index in [1.165, 1.54) is 6.20 Å². The number of aromatic nitrogens is 2. The molecule has 3 N–H and O–H groups in total. The SMILES string of the molecule is COc1ccc(-c2cnc(N)[nH]c2=O)cc1. The molecule has 5 heteroatoms. The van der Waals surface area contributed by atoms with Crippen LogP contribution < -0.4 is 16.0 Å². The zero-order valence-corrected chi connectivity index (χ0v) is 8.73. The molecule has 0 bridgehead atoms. The monoisotopic (exact) mass is 217 g/mol. The van der Waals surface area contributed by atoms with Gasteiger partial charge in [0.05, 0.1) is 12.7 Å². The van der Waals surface area contributed by atoms with Crippen molar-refractivity contribution in [1.29, 1.82) is 0 Å². The van der Waals surface area contributed by atoms with Gasteiger partial charge < -0.3 is 10.5 Å². The molecule has 0 radical (unpaired) electrons. The van der Waals surface area contributed by atoms with E-state index in [2.05, 4.69) is 9.97 Å². The molecule has 16 heavy (non-hydrogen) atoms. The van der Waals surface area contributed by atoms with Crippen LogP contribution in [0.15, 0.2) is 35.3 Å². The van der Waals surface area contributed by atoms with E-state index >= 15 is 0 Å². The minimum atomic E-state index is -0.252. The Morgan fingerprint density at radius 1 is 1.31 bits per heavy atom. The van der Waals surface area contributed by atoms with E-state index in [1.807, 2.05) is 0 Å². The maximum atomic E-state index is 11.6. The summed E-state index contributed by atoms with van der Waals surface area (Å²) in [6.07, 6.45) is 1.45. The lowest BCUT2D eigenvalue weighted by molar-refractivity contribution is 0.415. The number of hydrogen-bond donors (Lipinski definition) is 2. The first-order valence-corrected chi connectivity index (χ1v) is 4.70. The third-order valence-electron chi connectivity index (χ3n) is 2.22. The number of nitrogen functional groups attached to an aromatic ring is 1. The van der Waals surface area contributed by atoms with Crippen molar-refractivity contribution in [3.63, 3.8) is 0 Å². The Morgan fingerprint density at radius 2 is 2.00 bits per heavy atom. The van der Waals surface area contributed by atoms with Crippen molar-refractivity contribution in [3.05, 3.63) is 40.8 Å². The number of aromatic amines is 1. The Balaban J connectivity index is 2.46. The van der Waals surface area contributed by atoms with Gasteiger partial charge in [-0.15, -0.1) is 0 Å². The van der Waals surface area contributed by atoms with Gasteiger partial charge in [0.2, 0.25) is 0 Å². The van der Waals surface area contributed by atoms with Crippen LogP contribution >= 0.6 is 0 Å². The maximum Gasteiger partial charge on any atom is 0.260 e. The van der Waals surface area contributed by atoms with Gasteiger partial charge in [-0.2, -0.15) is 0 Å². The smallest absolute Gasteiger partial charge is 0.260 e. The fourth-order valence-corrected chi connectivity index (χ4v) is 1.38. The van der Waals surface area contributed by atoms with Crippen molar-refractivity contribution in [2.24, 2.45) is 0 Å². The van der Waals surface area contributed by atoms with Crippen LogP contribution in [0, 0.1) is 0 Å². The number of nitrogens with one attached hydrogen (secondary N) is 1. The number of anilines is 1. The number of nitrogens with two attached hydrogens (primary N) is 1. The average molecular weight is 217 g/mol. The van der Waals surface area contributed by atoms with Crippen LogP contribution in [0.1, 0.15) is 0 Å². The fourth-order valence-electron chi connectivity index (χ4n) is 1.38. The van der Waals surface area contributed by atoms with Crippen LogP contribution in [0.4, 0.5) is 5.95 Å². The van der Waals surface area contributed by atoms with Gasteiger partial charge in [0.1, 0.15) is 5.75 Å². The second-order valence-corrected chi connectivity index (χ2v) is 3.24. The van der Waals surface area contributed by atoms with Gasteiger partial charge in [0, 0.05) is 6.20 Å². The largest absolute Gasteiger partial charge is 0.497 e. The molecule has 1 aromatic heterocycles. The molecule has 0 amide bonds. The van der Waals surface area contributed by atoms with Gasteiger partial charge in [-0.3, -0.25) is 9.78 Å². The number of benzene rings is 1. The maximum absolute atomic E-state index is 11.6. The van der Waals surface area contributed by atoms with Gasteiger partial charge in [-0.05, 0) is 17.7 Å². The summed E-state index contributed by atoms with van der Waals surface area (Å²) in [4.78, 5) is 17.9. The Morgan fingerprint density at radius 3 is 2.56 bits per heavy atom. The lowest BCUT2D eigenvalue weighted by Crippen LogP contribution is -2.12. The average Bonchev–Trinajstić information content (AvgIpc) is 2.29. The zero-order valence-electron chi connectivity index (χ0n) is 8.73. The topological polar surface area (TPSA) is 81.0 Å². The van der Waals surface area contributed by atoms with Gasteiger partial charge in [-0.1, -0.05) is 12.1 Å². The molecule has 1 heterocycles. The molecule has 0 atom stereocenters. The molecule has 0 aliphatic heterocycles. The first kappa shape index (κ1) is 10.2. The van der Waals surface area contributed by atoms with Gasteiger partial charge in [0.15, 0.2) is 5.95 Å². The molecular formula is C11H11N3O2. The minimum Gasteiger partial charge on any atom is -0.497 e. The van der Waals surface area contributed by atoms with E-state index in [0.717, 1.165) is 11.3 Å². The molecule has 0 unspecified atom stereocenters. The summed E-state index contributed by atoms with van der Waals surface area (Å²) in [6, 6.07) is 7.15. The van der Waals surface area contributed by atoms with Crippen molar-refractivity contribution in [1.82, 2.24) is 9.97 Å². The summed E-state index contributed by atoms with van der Waals surface area (Å²) in [5.74, 6) is 0.853. The predicted molar refractivity (Wildman–Crippen MR) is 61.3 cm³/mol. The van der Waals surface area contributed by atoms with E-state index in [-0.39, 0.29) is 11.5 Å². The second-order valence-electron chi connectivity index (χ2n) is 3.24. The van der Waals surface area contributed by atoms with E-state index in [9.17, 15) is 4.79 Å². The number of ether oxygens (including phenoxy) is 1. The lowest BCUT2D eigenvalue weighted by atomic mass is 10.1. The van der Waals surface area contributed by atoms with Crippen LogP contribution in [0.5, 0.6) is 5.75 Å². The van der Waals surface area contributed by atoms with Crippen molar-refractivity contribution in [2.45, 2.75) is 0 Å². The highest BCUT2D eigenvalue weighted by Gasteiger charge is 2.04. The highest BCUT2D eigenvalue weighted by Crippen LogP contribution is 2.18. The Kier molecular flexibility index (Phi) is 2.59. The minimum absolute atomic E-state index is 0.113.